The third-order valence-electron chi connectivity index (χ3n) is 7.66. The molecule has 11 nitrogen and oxygen atoms in total. The third-order valence-corrected chi connectivity index (χ3v) is 8.58. The van der Waals surface area contributed by atoms with E-state index in [1.165, 1.54) is 35.0 Å². The van der Waals surface area contributed by atoms with E-state index in [1.54, 1.807) is 24.3 Å². The minimum Gasteiger partial charge on any atom is -0.394 e. The van der Waals surface area contributed by atoms with E-state index < -0.39 is 60.9 Å². The van der Waals surface area contributed by atoms with Crippen LogP contribution in [0.5, 0.6) is 0 Å². The number of carbonyl (C=O) groups excluding carboxylic acids is 1. The van der Waals surface area contributed by atoms with Crippen molar-refractivity contribution in [2.75, 3.05) is 18.6 Å². The second-order valence-corrected chi connectivity index (χ2v) is 12.1. The van der Waals surface area contributed by atoms with Crippen LogP contribution in [0.1, 0.15) is 30.9 Å². The fraction of sp³-hybridized carbons (Fsp3) is 0.429. The highest BCUT2D eigenvalue weighted by molar-refractivity contribution is 9.10. The highest BCUT2D eigenvalue weighted by Gasteiger charge is 2.52. The average Bonchev–Trinajstić information content (AvgIpc) is 3.61. The van der Waals surface area contributed by atoms with Gasteiger partial charge in [-0.05, 0) is 55.7 Å². The van der Waals surface area contributed by atoms with Crippen LogP contribution in [0.4, 0.5) is 10.1 Å². The molecule has 1 amide bonds. The van der Waals surface area contributed by atoms with Crippen LogP contribution in [0.2, 0.25) is 0 Å². The normalized spacial score (nSPS) is 27.5. The summed E-state index contributed by atoms with van der Waals surface area (Å²) in [5.74, 6) is -1.07. The monoisotopic (exact) mass is 707 g/mol. The summed E-state index contributed by atoms with van der Waals surface area (Å²) in [5, 5.41) is 50.0. The molecular formula is C28H28Br2FN5O6. The first-order chi connectivity index (χ1) is 20.1. The molecule has 42 heavy (non-hydrogen) atoms. The van der Waals surface area contributed by atoms with E-state index in [0.29, 0.717) is 50.7 Å². The van der Waals surface area contributed by atoms with E-state index in [4.69, 9.17) is 9.47 Å². The third kappa shape index (κ3) is 6.00. The van der Waals surface area contributed by atoms with Crippen molar-refractivity contribution in [3.63, 3.8) is 0 Å². The smallest absolute Gasteiger partial charge is 0.259 e. The lowest BCUT2D eigenvalue weighted by Crippen LogP contribution is -2.62. The number of ether oxygens (including phenoxy) is 2. The second-order valence-electron chi connectivity index (χ2n) is 10.3. The molecule has 0 spiro atoms. The number of anilines is 1. The molecule has 222 valence electrons. The maximum Gasteiger partial charge on any atom is 0.259 e. The molecule has 2 aliphatic rings. The quantitative estimate of drug-likeness (QED) is 0.336. The molecule has 14 heteroatoms. The molecule has 3 aromatic rings. The Morgan fingerprint density at radius 3 is 2.62 bits per heavy atom. The number of halogens is 3. The van der Waals surface area contributed by atoms with Gasteiger partial charge in [0.1, 0.15) is 35.9 Å². The number of rotatable bonds is 7. The fourth-order valence-corrected chi connectivity index (χ4v) is 6.68. The number of hydrogen-bond donors (Lipinski definition) is 3. The Labute approximate surface area is 257 Å². The first-order valence-corrected chi connectivity index (χ1v) is 14.8. The van der Waals surface area contributed by atoms with E-state index in [2.05, 4.69) is 48.2 Å². The van der Waals surface area contributed by atoms with Gasteiger partial charge < -0.3 is 29.7 Å². The lowest BCUT2D eigenvalue weighted by Gasteiger charge is -2.45. The number of methoxy groups -OCH3 is 1. The summed E-state index contributed by atoms with van der Waals surface area (Å²) in [6.07, 6.45) is -2.66. The Balaban J connectivity index is 1.55. The Morgan fingerprint density at radius 1 is 1.21 bits per heavy atom. The van der Waals surface area contributed by atoms with E-state index >= 15 is 0 Å². The van der Waals surface area contributed by atoms with Gasteiger partial charge in [-0.3, -0.25) is 4.79 Å². The van der Waals surface area contributed by atoms with Crippen molar-refractivity contribution < 1.29 is 34.0 Å². The number of nitriles is 1. The number of aliphatic hydroxyl groups excluding tert-OH is 3. The maximum absolute atomic E-state index is 14.4. The Hall–Kier alpha value is -2.77. The number of nitrogens with zero attached hydrogens (tertiary/aromatic N) is 5. The summed E-state index contributed by atoms with van der Waals surface area (Å²) in [4.78, 5) is 15.8. The van der Waals surface area contributed by atoms with Crippen molar-refractivity contribution in [2.45, 2.75) is 61.9 Å². The molecule has 2 heterocycles. The molecule has 1 aromatic heterocycles. The summed E-state index contributed by atoms with van der Waals surface area (Å²) < 4.78 is 28.2. The molecule has 0 bridgehead atoms. The van der Waals surface area contributed by atoms with Gasteiger partial charge in [-0.2, -0.15) is 5.26 Å². The van der Waals surface area contributed by atoms with Crippen molar-refractivity contribution in [2.24, 2.45) is 0 Å². The van der Waals surface area contributed by atoms with Crippen molar-refractivity contribution >= 4 is 43.5 Å². The van der Waals surface area contributed by atoms with E-state index in [0.717, 1.165) is 0 Å². The molecule has 1 aliphatic carbocycles. The Morgan fingerprint density at radius 2 is 1.98 bits per heavy atom. The molecule has 2 aromatic carbocycles. The van der Waals surface area contributed by atoms with Crippen LogP contribution in [0.3, 0.4) is 0 Å². The van der Waals surface area contributed by atoms with E-state index in [1.807, 2.05) is 0 Å². The maximum atomic E-state index is 14.4. The van der Waals surface area contributed by atoms with Gasteiger partial charge in [0, 0.05) is 27.3 Å². The first kappa shape index (κ1) is 30.7. The molecule has 5 rings (SSSR count). The number of hydrogen-bond acceptors (Lipinski definition) is 9. The van der Waals surface area contributed by atoms with Crippen molar-refractivity contribution in [1.29, 1.82) is 5.26 Å². The van der Waals surface area contributed by atoms with Gasteiger partial charge in [0.05, 0.1) is 36.6 Å². The number of benzene rings is 2. The van der Waals surface area contributed by atoms with Crippen LogP contribution >= 0.6 is 31.9 Å². The molecule has 0 radical (unpaired) electrons. The zero-order chi connectivity index (χ0) is 30.1. The fourth-order valence-electron chi connectivity index (χ4n) is 5.73. The highest BCUT2D eigenvalue weighted by atomic mass is 79.9. The van der Waals surface area contributed by atoms with Gasteiger partial charge in [-0.15, -0.1) is 5.10 Å². The Bertz CT molecular complexity index is 1480. The predicted molar refractivity (Wildman–Crippen MR) is 155 cm³/mol. The lowest BCUT2D eigenvalue weighted by atomic mass is 9.91. The van der Waals surface area contributed by atoms with Crippen molar-refractivity contribution in [3.8, 4) is 17.3 Å². The summed E-state index contributed by atoms with van der Waals surface area (Å²) in [5.41, 5.74) is 1.41. The van der Waals surface area contributed by atoms with Crippen LogP contribution < -0.4 is 4.90 Å². The Kier molecular flexibility index (Phi) is 9.38. The minimum absolute atomic E-state index is 0.304. The summed E-state index contributed by atoms with van der Waals surface area (Å²) in [6, 6.07) is 9.51. The van der Waals surface area contributed by atoms with Crippen molar-refractivity contribution in [1.82, 2.24) is 15.0 Å². The molecule has 1 aliphatic heterocycles. The topological polar surface area (TPSA) is 154 Å². The molecule has 0 unspecified atom stereocenters. The van der Waals surface area contributed by atoms with Crippen LogP contribution in [-0.4, -0.2) is 86.5 Å². The minimum atomic E-state index is -1.36. The molecule has 1 saturated carbocycles. The summed E-state index contributed by atoms with van der Waals surface area (Å²) in [7, 11) is 1.36. The van der Waals surface area contributed by atoms with Crippen LogP contribution in [0.25, 0.3) is 11.3 Å². The zero-order valence-corrected chi connectivity index (χ0v) is 25.5. The molecule has 1 saturated heterocycles. The second kappa shape index (κ2) is 12.8. The largest absolute Gasteiger partial charge is 0.394 e. The summed E-state index contributed by atoms with van der Waals surface area (Å²) >= 11 is 6.66. The number of carbonyl (C=O) groups is 1. The molecule has 3 N–H and O–H groups in total. The van der Waals surface area contributed by atoms with Gasteiger partial charge >= 0.3 is 0 Å². The van der Waals surface area contributed by atoms with Gasteiger partial charge in [0.15, 0.2) is 6.10 Å². The van der Waals surface area contributed by atoms with Crippen LogP contribution in [0, 0.1) is 17.1 Å². The van der Waals surface area contributed by atoms with Gasteiger partial charge in [-0.25, -0.2) is 9.07 Å². The molecular weight excluding hydrogens is 681 g/mol. The SMILES string of the molecule is CO[C@@H]1[C@@H](n2cc(-c3cc(F)cc(Br)c3)nn2)[C@@H](O)[C@@H](CO)O[C@H]1C(=O)N(c1cc(Br)cc(C#N)c1)[C@H]1CCC[C@@H]1O. The van der Waals surface area contributed by atoms with E-state index in [9.17, 15) is 29.8 Å². The van der Waals surface area contributed by atoms with Crippen LogP contribution in [0.15, 0.2) is 51.5 Å². The summed E-state index contributed by atoms with van der Waals surface area (Å²) in [6.45, 7) is -0.613. The average molecular weight is 709 g/mol. The van der Waals surface area contributed by atoms with Crippen molar-refractivity contribution in [3.05, 3.63) is 62.9 Å². The molecule has 7 atom stereocenters. The van der Waals surface area contributed by atoms with Crippen LogP contribution in [-0.2, 0) is 14.3 Å². The number of aliphatic hydroxyl groups is 3. The number of amides is 1. The number of aromatic nitrogens is 3. The standard InChI is InChI=1S/C28H28Br2FN5O6/c1-41-26-24(35-12-20(33-34-35)15-7-17(30)9-18(31)8-15)25(39)23(13-37)42-27(26)28(40)36(21-3-2-4-22(21)38)19-6-14(11-32)5-16(29)10-19/h5-10,12,21-27,37-39H,2-4,13H2,1H3/t21-,22-,23+,24-,25-,26+,27+/m0/s1. The zero-order valence-electron chi connectivity index (χ0n) is 22.3. The molecule has 2 fully saturated rings. The predicted octanol–water partition coefficient (Wildman–Crippen LogP) is 3.10. The van der Waals surface area contributed by atoms with Gasteiger partial charge in [0.2, 0.25) is 0 Å². The highest BCUT2D eigenvalue weighted by Crippen LogP contribution is 2.37. The lowest BCUT2D eigenvalue weighted by molar-refractivity contribution is -0.211. The van der Waals surface area contributed by atoms with E-state index in [-0.39, 0.29) is 0 Å². The van der Waals surface area contributed by atoms with Gasteiger partial charge in [-0.1, -0.05) is 37.1 Å². The first-order valence-electron chi connectivity index (χ1n) is 13.2. The van der Waals surface area contributed by atoms with Gasteiger partial charge in [0.25, 0.3) is 5.91 Å².